The molecule has 0 aliphatic carbocycles. The number of nitrogens with zero attached hydrogens (tertiary/aromatic N) is 1. The van der Waals surface area contributed by atoms with Crippen LogP contribution in [0, 0.1) is 0 Å². The van der Waals surface area contributed by atoms with Crippen molar-refractivity contribution in [3.63, 3.8) is 0 Å². The summed E-state index contributed by atoms with van der Waals surface area (Å²) in [4.78, 5) is 23.8. The van der Waals surface area contributed by atoms with Crippen molar-refractivity contribution in [3.8, 4) is 11.5 Å². The minimum Gasteiger partial charge on any atom is -0.493 e. The molecule has 2 rings (SSSR count). The number of hydroxylamine groups is 2. The lowest BCUT2D eigenvalue weighted by Crippen LogP contribution is -2.61. The van der Waals surface area contributed by atoms with Crippen LogP contribution in [0.3, 0.4) is 0 Å². The van der Waals surface area contributed by atoms with Gasteiger partial charge in [0.05, 0.1) is 7.11 Å². The second kappa shape index (κ2) is 10.9. The Balaban J connectivity index is 2.04. The number of ketones is 2. The minimum absolute atomic E-state index is 0.0657. The van der Waals surface area contributed by atoms with Gasteiger partial charge in [-0.25, -0.2) is 0 Å². The largest absolute Gasteiger partial charge is 0.493 e. The predicted octanol–water partition coefficient (Wildman–Crippen LogP) is 5.38. The Kier molecular flexibility index (Phi) is 8.81. The molecule has 0 saturated carbocycles. The van der Waals surface area contributed by atoms with Crippen molar-refractivity contribution in [1.82, 2.24) is 5.06 Å². The van der Waals surface area contributed by atoms with Gasteiger partial charge in [-0.05, 0) is 51.8 Å². The molecule has 1 aliphatic rings. The Labute approximate surface area is 191 Å². The summed E-state index contributed by atoms with van der Waals surface area (Å²) in [6.07, 6.45) is 9.49. The van der Waals surface area contributed by atoms with Crippen molar-refractivity contribution in [1.29, 1.82) is 0 Å². The number of Topliss-reactive ketones (excluding diaryl/α,β-unsaturated/α-hetero) is 2. The van der Waals surface area contributed by atoms with E-state index in [-0.39, 0.29) is 24.7 Å². The van der Waals surface area contributed by atoms with Crippen LogP contribution in [0.1, 0.15) is 72.3 Å². The summed E-state index contributed by atoms with van der Waals surface area (Å²) in [7, 11) is 1.59. The van der Waals surface area contributed by atoms with E-state index in [2.05, 4.69) is 0 Å². The predicted molar refractivity (Wildman–Crippen MR) is 126 cm³/mol. The number of allylic oxidation sites excluding steroid dienone is 3. The molecule has 1 aliphatic heterocycles. The van der Waals surface area contributed by atoms with Crippen LogP contribution in [0.5, 0.6) is 11.5 Å². The Morgan fingerprint density at radius 3 is 2.19 bits per heavy atom. The Morgan fingerprint density at radius 1 is 1.03 bits per heavy atom. The molecule has 0 atom stereocenters. The van der Waals surface area contributed by atoms with Crippen LogP contribution in [0.4, 0.5) is 0 Å². The summed E-state index contributed by atoms with van der Waals surface area (Å²) in [5, 5.41) is 11.9. The van der Waals surface area contributed by atoms with Crippen molar-refractivity contribution in [2.45, 2.75) is 83.9 Å². The highest BCUT2D eigenvalue weighted by atomic mass is 16.5. The van der Waals surface area contributed by atoms with Gasteiger partial charge in [0.25, 0.3) is 0 Å². The van der Waals surface area contributed by atoms with Crippen LogP contribution in [-0.2, 0) is 9.59 Å². The van der Waals surface area contributed by atoms with E-state index in [1.807, 2.05) is 58.9 Å². The third kappa shape index (κ3) is 6.78. The van der Waals surface area contributed by atoms with Crippen LogP contribution in [0.15, 0.2) is 36.4 Å². The first-order chi connectivity index (χ1) is 15.0. The first-order valence-corrected chi connectivity index (χ1v) is 11.2. The van der Waals surface area contributed by atoms with Gasteiger partial charge in [-0.1, -0.05) is 37.3 Å². The van der Waals surface area contributed by atoms with Gasteiger partial charge in [0, 0.05) is 36.8 Å². The molecular weight excluding hydrogens is 406 g/mol. The third-order valence-electron chi connectivity index (χ3n) is 5.71. The van der Waals surface area contributed by atoms with E-state index in [4.69, 9.17) is 9.47 Å². The van der Waals surface area contributed by atoms with Gasteiger partial charge in [0.1, 0.15) is 6.10 Å². The number of piperidine rings is 1. The molecule has 6 nitrogen and oxygen atoms in total. The van der Waals surface area contributed by atoms with Gasteiger partial charge in [0.2, 0.25) is 11.6 Å². The summed E-state index contributed by atoms with van der Waals surface area (Å²) in [5.41, 5.74) is 0.0447. The average molecular weight is 444 g/mol. The molecule has 1 aromatic rings. The van der Waals surface area contributed by atoms with Crippen molar-refractivity contribution in [2.75, 3.05) is 7.11 Å². The lowest BCUT2D eigenvalue weighted by atomic mass is 9.80. The maximum atomic E-state index is 12.0. The molecule has 0 unspecified atom stereocenters. The van der Waals surface area contributed by atoms with E-state index in [1.54, 1.807) is 25.3 Å². The topological polar surface area (TPSA) is 76.1 Å². The molecule has 0 radical (unpaired) electrons. The number of hydrogen-bond acceptors (Lipinski definition) is 6. The molecule has 1 fully saturated rings. The number of ether oxygens (including phenoxy) is 2. The van der Waals surface area contributed by atoms with Crippen molar-refractivity contribution in [2.24, 2.45) is 0 Å². The zero-order chi connectivity index (χ0) is 23.9. The maximum Gasteiger partial charge on any atom is 0.202 e. The fourth-order valence-electron chi connectivity index (χ4n) is 4.21. The minimum atomic E-state index is -0.404. The molecule has 1 heterocycles. The van der Waals surface area contributed by atoms with E-state index in [1.165, 1.54) is 5.06 Å². The van der Waals surface area contributed by atoms with Crippen molar-refractivity contribution in [3.05, 3.63) is 42.0 Å². The molecule has 6 heteroatoms. The van der Waals surface area contributed by atoms with Gasteiger partial charge >= 0.3 is 0 Å². The van der Waals surface area contributed by atoms with E-state index >= 15 is 0 Å². The van der Waals surface area contributed by atoms with E-state index in [0.717, 1.165) is 12.0 Å². The van der Waals surface area contributed by atoms with Gasteiger partial charge < -0.3 is 14.7 Å². The fraction of sp³-hybridized carbons (Fsp3) is 0.538. The molecule has 1 N–H and O–H groups in total. The molecule has 32 heavy (non-hydrogen) atoms. The molecule has 0 aromatic heterocycles. The summed E-state index contributed by atoms with van der Waals surface area (Å²) in [6, 6.07) is 5.59. The SMILES string of the molecule is CC/C=C\CC(=O)C(=O)C/C=C\c1ccc(OC2CC(C)(C)N(O)C(C)(C)C2)c(OC)c1. The highest BCUT2D eigenvalue weighted by Gasteiger charge is 2.46. The van der Waals surface area contributed by atoms with Crippen molar-refractivity contribution >= 4 is 17.6 Å². The number of carbonyl (C=O) groups excluding carboxylic acids is 2. The Bertz CT molecular complexity index is 851. The third-order valence-corrected chi connectivity index (χ3v) is 5.71. The van der Waals surface area contributed by atoms with E-state index < -0.39 is 16.9 Å². The molecule has 0 spiro atoms. The van der Waals surface area contributed by atoms with Crippen LogP contribution in [-0.4, -0.2) is 46.1 Å². The van der Waals surface area contributed by atoms with E-state index in [9.17, 15) is 14.8 Å². The number of rotatable bonds is 10. The fourth-order valence-corrected chi connectivity index (χ4v) is 4.21. The molecular formula is C26H37NO5. The summed E-state index contributed by atoms with van der Waals surface area (Å²) < 4.78 is 11.8. The highest BCUT2D eigenvalue weighted by molar-refractivity contribution is 6.37. The second-order valence-corrected chi connectivity index (χ2v) is 9.53. The first kappa shape index (κ1) is 25.8. The van der Waals surface area contributed by atoms with Crippen LogP contribution in [0.2, 0.25) is 0 Å². The number of hydrogen-bond donors (Lipinski definition) is 1. The van der Waals surface area contributed by atoms with Crippen LogP contribution in [0.25, 0.3) is 6.08 Å². The smallest absolute Gasteiger partial charge is 0.202 e. The zero-order valence-electron chi connectivity index (χ0n) is 20.2. The molecule has 0 amide bonds. The lowest BCUT2D eigenvalue weighted by molar-refractivity contribution is -0.254. The first-order valence-electron chi connectivity index (χ1n) is 11.2. The average Bonchev–Trinajstić information content (AvgIpc) is 2.72. The van der Waals surface area contributed by atoms with Gasteiger partial charge in [-0.2, -0.15) is 5.06 Å². The Morgan fingerprint density at radius 2 is 1.62 bits per heavy atom. The zero-order valence-corrected chi connectivity index (χ0v) is 20.2. The van der Waals surface area contributed by atoms with Gasteiger partial charge in [-0.3, -0.25) is 9.59 Å². The molecule has 1 saturated heterocycles. The number of methoxy groups -OCH3 is 1. The highest BCUT2D eigenvalue weighted by Crippen LogP contribution is 2.40. The monoisotopic (exact) mass is 443 g/mol. The van der Waals surface area contributed by atoms with Gasteiger partial charge in [-0.15, -0.1) is 0 Å². The second-order valence-electron chi connectivity index (χ2n) is 9.53. The number of carbonyl (C=O) groups is 2. The van der Waals surface area contributed by atoms with Crippen LogP contribution >= 0.6 is 0 Å². The molecule has 1 aromatic carbocycles. The van der Waals surface area contributed by atoms with Crippen LogP contribution < -0.4 is 9.47 Å². The van der Waals surface area contributed by atoms with Gasteiger partial charge in [0.15, 0.2) is 11.5 Å². The standard InChI is InChI=1S/C26H37NO5/c1-7-8-9-12-21(28)22(29)13-10-11-19-14-15-23(24(16-19)31-6)32-20-17-25(2,3)27(30)26(4,5)18-20/h8-11,14-16,20,30H,7,12-13,17-18H2,1-6H3/b9-8-,11-10-. The maximum absolute atomic E-state index is 12.0. The lowest BCUT2D eigenvalue weighted by Gasteiger charge is -2.51. The normalized spacial score (nSPS) is 18.8. The molecule has 176 valence electrons. The summed E-state index contributed by atoms with van der Waals surface area (Å²) in [5.74, 6) is 0.470. The van der Waals surface area contributed by atoms with E-state index in [0.29, 0.717) is 24.3 Å². The Hall–Kier alpha value is -2.44. The molecule has 0 bridgehead atoms. The summed E-state index contributed by atoms with van der Waals surface area (Å²) in [6.45, 7) is 9.99. The quantitative estimate of drug-likeness (QED) is 0.386. The van der Waals surface area contributed by atoms with Crippen molar-refractivity contribution < 1.29 is 24.3 Å². The summed E-state index contributed by atoms with van der Waals surface area (Å²) >= 11 is 0. The number of benzene rings is 1.